The molecule has 26 heavy (non-hydrogen) atoms. The SMILES string of the molecule is CSc1ccc(CCCCC2CCN(c3ncc(C)c(Cl)n3)CC2)cc1. The van der Waals surface area contributed by atoms with E-state index in [2.05, 4.69) is 45.4 Å². The van der Waals surface area contributed by atoms with Crippen LogP contribution in [0.4, 0.5) is 5.95 Å². The van der Waals surface area contributed by atoms with E-state index in [1.54, 1.807) is 11.8 Å². The van der Waals surface area contributed by atoms with Crippen molar-refractivity contribution in [2.75, 3.05) is 24.2 Å². The van der Waals surface area contributed by atoms with Crippen LogP contribution in [0.25, 0.3) is 0 Å². The molecular formula is C21H28ClN3S. The topological polar surface area (TPSA) is 29.0 Å². The van der Waals surface area contributed by atoms with Gasteiger partial charge in [-0.3, -0.25) is 0 Å². The van der Waals surface area contributed by atoms with Gasteiger partial charge in [0.1, 0.15) is 5.15 Å². The first kappa shape index (κ1) is 19.5. The van der Waals surface area contributed by atoms with Gasteiger partial charge >= 0.3 is 0 Å². The molecule has 1 saturated heterocycles. The van der Waals surface area contributed by atoms with Gasteiger partial charge in [0.25, 0.3) is 0 Å². The average Bonchev–Trinajstić information content (AvgIpc) is 2.68. The highest BCUT2D eigenvalue weighted by atomic mass is 35.5. The molecule has 0 radical (unpaired) electrons. The Morgan fingerprint density at radius 2 is 1.88 bits per heavy atom. The summed E-state index contributed by atoms with van der Waals surface area (Å²) >= 11 is 7.94. The Morgan fingerprint density at radius 1 is 1.15 bits per heavy atom. The Morgan fingerprint density at radius 3 is 2.54 bits per heavy atom. The Balaban J connectivity index is 1.36. The van der Waals surface area contributed by atoms with Crippen LogP contribution in [0.5, 0.6) is 0 Å². The number of aromatic nitrogens is 2. The predicted octanol–water partition coefficient (Wildman–Crippen LogP) is 5.79. The summed E-state index contributed by atoms with van der Waals surface area (Å²) in [5, 5.41) is 0.572. The van der Waals surface area contributed by atoms with Crippen molar-refractivity contribution in [1.82, 2.24) is 9.97 Å². The van der Waals surface area contributed by atoms with Crippen molar-refractivity contribution in [2.45, 2.75) is 50.3 Å². The van der Waals surface area contributed by atoms with Crippen molar-refractivity contribution >= 4 is 29.3 Å². The summed E-state index contributed by atoms with van der Waals surface area (Å²) in [4.78, 5) is 12.5. The Labute approximate surface area is 166 Å². The van der Waals surface area contributed by atoms with Crippen molar-refractivity contribution in [3.05, 3.63) is 46.7 Å². The van der Waals surface area contributed by atoms with Gasteiger partial charge in [-0.2, -0.15) is 0 Å². The third-order valence-corrected chi connectivity index (χ3v) is 6.41. The van der Waals surface area contributed by atoms with E-state index in [1.807, 2.05) is 13.1 Å². The van der Waals surface area contributed by atoms with Crippen LogP contribution in [-0.4, -0.2) is 29.3 Å². The second-order valence-electron chi connectivity index (χ2n) is 7.17. The van der Waals surface area contributed by atoms with Crippen LogP contribution in [0.2, 0.25) is 5.15 Å². The van der Waals surface area contributed by atoms with Crippen LogP contribution in [-0.2, 0) is 6.42 Å². The van der Waals surface area contributed by atoms with E-state index in [9.17, 15) is 0 Å². The van der Waals surface area contributed by atoms with Gasteiger partial charge in [-0.1, -0.05) is 36.6 Å². The number of hydrogen-bond acceptors (Lipinski definition) is 4. The predicted molar refractivity (Wildman–Crippen MR) is 112 cm³/mol. The first-order valence-electron chi connectivity index (χ1n) is 9.52. The molecule has 0 aliphatic carbocycles. The van der Waals surface area contributed by atoms with Crippen LogP contribution in [0.15, 0.2) is 35.4 Å². The minimum Gasteiger partial charge on any atom is -0.341 e. The summed E-state index contributed by atoms with van der Waals surface area (Å²) in [6, 6.07) is 9.01. The van der Waals surface area contributed by atoms with Crippen molar-refractivity contribution in [2.24, 2.45) is 5.92 Å². The minimum atomic E-state index is 0.572. The summed E-state index contributed by atoms with van der Waals surface area (Å²) in [6.07, 6.45) is 11.6. The van der Waals surface area contributed by atoms with E-state index in [4.69, 9.17) is 11.6 Å². The van der Waals surface area contributed by atoms with Crippen LogP contribution >= 0.6 is 23.4 Å². The third kappa shape index (κ3) is 5.37. The van der Waals surface area contributed by atoms with Crippen LogP contribution in [0.3, 0.4) is 0 Å². The molecule has 3 rings (SSSR count). The largest absolute Gasteiger partial charge is 0.341 e. The van der Waals surface area contributed by atoms with Crippen LogP contribution in [0.1, 0.15) is 43.2 Å². The summed E-state index contributed by atoms with van der Waals surface area (Å²) < 4.78 is 0. The molecule has 2 heterocycles. The second-order valence-corrected chi connectivity index (χ2v) is 8.41. The van der Waals surface area contributed by atoms with Crippen molar-refractivity contribution < 1.29 is 0 Å². The normalized spacial score (nSPS) is 15.4. The molecule has 0 saturated carbocycles. The van der Waals surface area contributed by atoms with E-state index in [0.717, 1.165) is 30.5 Å². The first-order chi connectivity index (χ1) is 12.7. The van der Waals surface area contributed by atoms with E-state index < -0.39 is 0 Å². The lowest BCUT2D eigenvalue weighted by Gasteiger charge is -2.32. The maximum Gasteiger partial charge on any atom is 0.226 e. The smallest absolute Gasteiger partial charge is 0.226 e. The number of anilines is 1. The molecular weight excluding hydrogens is 362 g/mol. The number of hydrogen-bond donors (Lipinski definition) is 0. The quantitative estimate of drug-likeness (QED) is 0.340. The average molecular weight is 390 g/mol. The van der Waals surface area contributed by atoms with E-state index in [1.165, 1.54) is 49.0 Å². The number of benzene rings is 1. The molecule has 1 aromatic carbocycles. The first-order valence-corrected chi connectivity index (χ1v) is 11.1. The molecule has 2 aromatic rings. The molecule has 0 N–H and O–H groups in total. The zero-order valence-corrected chi connectivity index (χ0v) is 17.3. The highest BCUT2D eigenvalue weighted by Gasteiger charge is 2.21. The zero-order chi connectivity index (χ0) is 18.4. The maximum absolute atomic E-state index is 6.13. The van der Waals surface area contributed by atoms with Crippen molar-refractivity contribution in [3.8, 4) is 0 Å². The Kier molecular flexibility index (Phi) is 7.21. The minimum absolute atomic E-state index is 0.572. The van der Waals surface area contributed by atoms with Gasteiger partial charge in [0.15, 0.2) is 0 Å². The van der Waals surface area contributed by atoms with Gasteiger partial charge in [0, 0.05) is 29.7 Å². The Hall–Kier alpha value is -1.26. The van der Waals surface area contributed by atoms with Gasteiger partial charge in [-0.05, 0) is 62.5 Å². The molecule has 1 aliphatic rings. The van der Waals surface area contributed by atoms with Gasteiger partial charge < -0.3 is 4.90 Å². The van der Waals surface area contributed by atoms with E-state index in [-0.39, 0.29) is 0 Å². The van der Waals surface area contributed by atoms with Gasteiger partial charge in [0.05, 0.1) is 0 Å². The fraction of sp³-hybridized carbons (Fsp3) is 0.524. The van der Waals surface area contributed by atoms with Crippen LogP contribution < -0.4 is 4.90 Å². The molecule has 0 atom stereocenters. The molecule has 1 fully saturated rings. The lowest BCUT2D eigenvalue weighted by Crippen LogP contribution is -2.34. The summed E-state index contributed by atoms with van der Waals surface area (Å²) in [7, 11) is 0. The highest BCUT2D eigenvalue weighted by Crippen LogP contribution is 2.26. The summed E-state index contributed by atoms with van der Waals surface area (Å²) in [6.45, 7) is 4.02. The monoisotopic (exact) mass is 389 g/mol. The number of aryl methyl sites for hydroxylation is 2. The van der Waals surface area contributed by atoms with Crippen molar-refractivity contribution in [3.63, 3.8) is 0 Å². The number of rotatable bonds is 7. The number of nitrogens with zero attached hydrogens (tertiary/aromatic N) is 3. The number of halogens is 1. The van der Waals surface area contributed by atoms with Crippen LogP contribution in [0, 0.1) is 12.8 Å². The maximum atomic E-state index is 6.13. The molecule has 1 aromatic heterocycles. The molecule has 0 amide bonds. The van der Waals surface area contributed by atoms with Gasteiger partial charge in [0.2, 0.25) is 5.95 Å². The van der Waals surface area contributed by atoms with E-state index >= 15 is 0 Å². The fourth-order valence-corrected chi connectivity index (χ4v) is 4.07. The molecule has 0 spiro atoms. The van der Waals surface area contributed by atoms with Gasteiger partial charge in [-0.25, -0.2) is 9.97 Å². The zero-order valence-electron chi connectivity index (χ0n) is 15.7. The lowest BCUT2D eigenvalue weighted by atomic mass is 9.91. The molecule has 0 unspecified atom stereocenters. The fourth-order valence-electron chi connectivity index (χ4n) is 3.54. The summed E-state index contributed by atoms with van der Waals surface area (Å²) in [5.74, 6) is 1.62. The molecule has 140 valence electrons. The van der Waals surface area contributed by atoms with Gasteiger partial charge in [-0.15, -0.1) is 11.8 Å². The molecule has 0 bridgehead atoms. The van der Waals surface area contributed by atoms with Crippen molar-refractivity contribution in [1.29, 1.82) is 0 Å². The molecule has 5 heteroatoms. The molecule has 1 aliphatic heterocycles. The molecule has 3 nitrogen and oxygen atoms in total. The second kappa shape index (κ2) is 9.61. The Bertz CT molecular complexity index is 697. The lowest BCUT2D eigenvalue weighted by molar-refractivity contribution is 0.367. The van der Waals surface area contributed by atoms with E-state index in [0.29, 0.717) is 5.15 Å². The third-order valence-electron chi connectivity index (χ3n) is 5.28. The number of unbranched alkanes of at least 4 members (excludes halogenated alkanes) is 1. The number of thioether (sulfide) groups is 1. The number of piperidine rings is 1. The highest BCUT2D eigenvalue weighted by molar-refractivity contribution is 7.98. The standard InChI is InChI=1S/C21H28ClN3S/c1-16-15-23-21(24-20(16)22)25-13-11-18(12-14-25)6-4-3-5-17-7-9-19(26-2)10-8-17/h7-10,15,18H,3-6,11-14H2,1-2H3. The summed E-state index contributed by atoms with van der Waals surface area (Å²) in [5.41, 5.74) is 2.40.